The summed E-state index contributed by atoms with van der Waals surface area (Å²) < 4.78 is 0. The maximum atomic E-state index is 12.4. The summed E-state index contributed by atoms with van der Waals surface area (Å²) >= 11 is 0. The molecule has 1 fully saturated rings. The fourth-order valence-corrected chi connectivity index (χ4v) is 3.07. The molecule has 0 saturated carbocycles. The monoisotopic (exact) mass is 381 g/mol. The van der Waals surface area contributed by atoms with Crippen LogP contribution in [-0.2, 0) is 4.79 Å². The number of nitrogens with zero attached hydrogens (tertiary/aromatic N) is 1. The van der Waals surface area contributed by atoms with E-state index in [4.69, 9.17) is 5.73 Å². The molecule has 2 aromatic rings. The first-order valence-corrected chi connectivity index (χ1v) is 8.15. The number of para-hydroxylation sites is 1. The van der Waals surface area contributed by atoms with Crippen molar-refractivity contribution in [2.24, 2.45) is 5.73 Å². The van der Waals surface area contributed by atoms with E-state index in [9.17, 15) is 4.79 Å². The Morgan fingerprint density at radius 2 is 1.64 bits per heavy atom. The molecule has 3 rings (SSSR count). The number of nitrogens with two attached hydrogens (primary N) is 1. The third-order valence-corrected chi connectivity index (χ3v) is 4.33. The molecule has 2 aromatic carbocycles. The lowest BCUT2D eigenvalue weighted by Crippen LogP contribution is -2.49. The molecule has 2 atom stereocenters. The molecule has 1 aliphatic rings. The van der Waals surface area contributed by atoms with Crippen molar-refractivity contribution < 1.29 is 4.79 Å². The number of piperidine rings is 1. The Morgan fingerprint density at radius 3 is 2.28 bits per heavy atom. The largest absolute Gasteiger partial charge is 0.369 e. The highest BCUT2D eigenvalue weighted by Crippen LogP contribution is 2.20. The number of carbonyl (C=O) groups is 1. The molecular weight excluding hydrogens is 357 g/mol. The fraction of sp³-hybridized carbons (Fsp3) is 0.316. The molecule has 0 spiro atoms. The Hall–Kier alpha value is -1.75. The van der Waals surface area contributed by atoms with Crippen LogP contribution in [0.3, 0.4) is 0 Å². The topological polar surface area (TPSA) is 58.4 Å². The van der Waals surface area contributed by atoms with Gasteiger partial charge in [-0.2, -0.15) is 0 Å². The Kier molecular flexibility index (Phi) is 8.76. The van der Waals surface area contributed by atoms with Crippen LogP contribution in [-0.4, -0.2) is 25.0 Å². The normalized spacial score (nSPS) is 17.6. The molecule has 1 amide bonds. The van der Waals surface area contributed by atoms with Gasteiger partial charge in [-0.3, -0.25) is 4.79 Å². The molecule has 1 saturated heterocycles. The number of anilines is 1. The van der Waals surface area contributed by atoms with Crippen LogP contribution in [0, 0.1) is 0 Å². The van der Waals surface area contributed by atoms with Gasteiger partial charge in [0.1, 0.15) is 6.04 Å². The maximum absolute atomic E-state index is 12.4. The van der Waals surface area contributed by atoms with Gasteiger partial charge in [0, 0.05) is 24.8 Å². The summed E-state index contributed by atoms with van der Waals surface area (Å²) in [4.78, 5) is 14.7. The lowest BCUT2D eigenvalue weighted by molar-refractivity contribution is -0.123. The van der Waals surface area contributed by atoms with E-state index in [1.807, 2.05) is 48.5 Å². The van der Waals surface area contributed by atoms with Gasteiger partial charge in [-0.05, 0) is 30.5 Å². The van der Waals surface area contributed by atoms with Gasteiger partial charge in [-0.1, -0.05) is 48.5 Å². The second-order valence-corrected chi connectivity index (χ2v) is 6.02. The zero-order valence-corrected chi connectivity index (χ0v) is 15.6. The smallest absolute Gasteiger partial charge is 0.241 e. The van der Waals surface area contributed by atoms with Crippen LogP contribution in [0.5, 0.6) is 0 Å². The van der Waals surface area contributed by atoms with Gasteiger partial charge < -0.3 is 16.0 Å². The number of rotatable bonds is 4. The standard InChI is InChI=1S/C19H23N3O.2ClH/c20-18(15-8-3-1-4-9-15)19(23)21-16-10-7-13-22(14-16)17-11-5-2-6-12-17;;/h1-6,8-9,11-12,16,18H,7,10,13-14,20H2,(H,21,23);2*1H. The van der Waals surface area contributed by atoms with E-state index in [0.717, 1.165) is 31.5 Å². The third kappa shape index (κ3) is 5.63. The highest BCUT2D eigenvalue weighted by molar-refractivity contribution is 5.85. The number of carbonyl (C=O) groups excluding carboxylic acids is 1. The molecule has 0 aromatic heterocycles. The first kappa shape index (κ1) is 21.3. The SMILES string of the molecule is Cl.Cl.NC(C(=O)NC1CCCN(c2ccccc2)C1)c1ccccc1. The molecule has 6 heteroatoms. The number of benzene rings is 2. The van der Waals surface area contributed by atoms with E-state index in [0.29, 0.717) is 0 Å². The van der Waals surface area contributed by atoms with Crippen LogP contribution in [0.15, 0.2) is 60.7 Å². The van der Waals surface area contributed by atoms with Gasteiger partial charge in [-0.25, -0.2) is 0 Å². The van der Waals surface area contributed by atoms with Crippen LogP contribution in [0.4, 0.5) is 5.69 Å². The number of halogens is 2. The van der Waals surface area contributed by atoms with E-state index < -0.39 is 6.04 Å². The van der Waals surface area contributed by atoms with Crippen molar-refractivity contribution in [2.75, 3.05) is 18.0 Å². The van der Waals surface area contributed by atoms with Gasteiger partial charge in [0.05, 0.1) is 0 Å². The van der Waals surface area contributed by atoms with Crippen molar-refractivity contribution in [3.63, 3.8) is 0 Å². The molecule has 0 bridgehead atoms. The molecule has 25 heavy (non-hydrogen) atoms. The molecular formula is C19H25Cl2N3O. The van der Waals surface area contributed by atoms with Crippen LogP contribution in [0.2, 0.25) is 0 Å². The molecule has 1 aliphatic heterocycles. The van der Waals surface area contributed by atoms with Crippen molar-refractivity contribution in [2.45, 2.75) is 24.9 Å². The summed E-state index contributed by atoms with van der Waals surface area (Å²) in [5, 5.41) is 3.11. The first-order valence-electron chi connectivity index (χ1n) is 8.15. The Morgan fingerprint density at radius 1 is 1.04 bits per heavy atom. The van der Waals surface area contributed by atoms with E-state index >= 15 is 0 Å². The molecule has 2 unspecified atom stereocenters. The summed E-state index contributed by atoms with van der Waals surface area (Å²) in [6, 6.07) is 19.4. The van der Waals surface area contributed by atoms with E-state index in [-0.39, 0.29) is 36.8 Å². The molecule has 3 N–H and O–H groups in total. The zero-order valence-electron chi connectivity index (χ0n) is 14.0. The van der Waals surface area contributed by atoms with Crippen molar-refractivity contribution in [1.82, 2.24) is 5.32 Å². The van der Waals surface area contributed by atoms with Crippen molar-refractivity contribution in [1.29, 1.82) is 0 Å². The second kappa shape index (κ2) is 10.3. The van der Waals surface area contributed by atoms with Gasteiger partial charge in [0.25, 0.3) is 0 Å². The molecule has 0 radical (unpaired) electrons. The Balaban J connectivity index is 0.00000156. The number of hydrogen-bond acceptors (Lipinski definition) is 3. The zero-order chi connectivity index (χ0) is 16.1. The summed E-state index contributed by atoms with van der Waals surface area (Å²) in [6.07, 6.45) is 2.07. The van der Waals surface area contributed by atoms with Crippen LogP contribution >= 0.6 is 24.8 Å². The van der Waals surface area contributed by atoms with Gasteiger partial charge in [0.2, 0.25) is 5.91 Å². The molecule has 136 valence electrons. The van der Waals surface area contributed by atoms with Gasteiger partial charge >= 0.3 is 0 Å². The van der Waals surface area contributed by atoms with Crippen molar-refractivity contribution in [3.8, 4) is 0 Å². The summed E-state index contributed by atoms with van der Waals surface area (Å²) in [6.45, 7) is 1.86. The van der Waals surface area contributed by atoms with E-state index in [2.05, 4.69) is 22.3 Å². The van der Waals surface area contributed by atoms with Gasteiger partial charge in [0.15, 0.2) is 0 Å². The molecule has 4 nitrogen and oxygen atoms in total. The summed E-state index contributed by atoms with van der Waals surface area (Å²) in [5.41, 5.74) is 8.13. The molecule has 0 aliphatic carbocycles. The third-order valence-electron chi connectivity index (χ3n) is 4.33. The van der Waals surface area contributed by atoms with E-state index in [1.165, 1.54) is 5.69 Å². The maximum Gasteiger partial charge on any atom is 0.241 e. The van der Waals surface area contributed by atoms with Crippen LogP contribution < -0.4 is 16.0 Å². The fourth-order valence-electron chi connectivity index (χ4n) is 3.07. The number of amides is 1. The van der Waals surface area contributed by atoms with E-state index in [1.54, 1.807) is 0 Å². The Bertz CT molecular complexity index is 640. The van der Waals surface area contributed by atoms with Crippen LogP contribution in [0.25, 0.3) is 0 Å². The predicted octanol–water partition coefficient (Wildman–Crippen LogP) is 3.32. The minimum atomic E-state index is -0.608. The molecule has 1 heterocycles. The van der Waals surface area contributed by atoms with Crippen molar-refractivity contribution in [3.05, 3.63) is 66.2 Å². The van der Waals surface area contributed by atoms with Crippen molar-refractivity contribution >= 4 is 36.4 Å². The van der Waals surface area contributed by atoms with Gasteiger partial charge in [-0.15, -0.1) is 24.8 Å². The highest BCUT2D eigenvalue weighted by atomic mass is 35.5. The minimum absolute atomic E-state index is 0. The lowest BCUT2D eigenvalue weighted by Gasteiger charge is -2.35. The summed E-state index contributed by atoms with van der Waals surface area (Å²) in [5.74, 6) is -0.101. The van der Waals surface area contributed by atoms with Crippen LogP contribution in [0.1, 0.15) is 24.4 Å². The number of hydrogen-bond donors (Lipinski definition) is 2. The first-order chi connectivity index (χ1) is 11.2. The Labute approximate surface area is 161 Å². The minimum Gasteiger partial charge on any atom is -0.369 e. The summed E-state index contributed by atoms with van der Waals surface area (Å²) in [7, 11) is 0. The quantitative estimate of drug-likeness (QED) is 0.853. The average Bonchev–Trinajstić information content (AvgIpc) is 2.63. The second-order valence-electron chi connectivity index (χ2n) is 6.02. The lowest BCUT2D eigenvalue weighted by atomic mass is 10.0. The number of nitrogens with one attached hydrogen (secondary N) is 1. The average molecular weight is 382 g/mol. The highest BCUT2D eigenvalue weighted by Gasteiger charge is 2.24. The predicted molar refractivity (Wildman–Crippen MR) is 108 cm³/mol.